The van der Waals surface area contributed by atoms with Gasteiger partial charge in [0.1, 0.15) is 11.5 Å². The number of hydrogen-bond donors (Lipinski definition) is 3. The number of allylic oxidation sites excluding steroid dienone is 3. The first-order valence-corrected chi connectivity index (χ1v) is 16.3. The first kappa shape index (κ1) is 32.1. The molecule has 1 fully saturated rings. The van der Waals surface area contributed by atoms with Gasteiger partial charge >= 0.3 is 0 Å². The summed E-state index contributed by atoms with van der Waals surface area (Å²) in [7, 11) is 0. The molecule has 0 saturated carbocycles. The molecule has 0 bridgehead atoms. The molecule has 1 aliphatic rings. The van der Waals surface area contributed by atoms with Gasteiger partial charge in [0.2, 0.25) is 0 Å². The lowest BCUT2D eigenvalue weighted by molar-refractivity contribution is 0.334. The molecule has 0 aliphatic carbocycles. The van der Waals surface area contributed by atoms with E-state index in [-0.39, 0.29) is 11.2 Å². The van der Waals surface area contributed by atoms with Crippen LogP contribution >= 0.6 is 0 Å². The summed E-state index contributed by atoms with van der Waals surface area (Å²) < 4.78 is 15.0. The minimum atomic E-state index is -0.253. The van der Waals surface area contributed by atoms with Crippen LogP contribution in [0.3, 0.4) is 0 Å². The molecule has 9 heteroatoms. The van der Waals surface area contributed by atoms with Crippen LogP contribution in [0.15, 0.2) is 79.9 Å². The average Bonchev–Trinajstić information content (AvgIpc) is 3.79. The molecule has 5 heterocycles. The van der Waals surface area contributed by atoms with Crippen molar-refractivity contribution in [3.05, 3.63) is 108 Å². The van der Waals surface area contributed by atoms with Gasteiger partial charge in [-0.3, -0.25) is 10.1 Å². The lowest BCUT2D eigenvalue weighted by Gasteiger charge is -2.23. The average molecular weight is 631 g/mol. The fourth-order valence-corrected chi connectivity index (χ4v) is 6.00. The molecule has 0 amide bonds. The second kappa shape index (κ2) is 13.5. The van der Waals surface area contributed by atoms with Crippen molar-refractivity contribution in [2.45, 2.75) is 53.4 Å². The minimum absolute atomic E-state index is 0.0903. The quantitative estimate of drug-likeness (QED) is 0.127. The van der Waals surface area contributed by atoms with Gasteiger partial charge in [0, 0.05) is 45.9 Å². The zero-order valence-electron chi connectivity index (χ0n) is 27.8. The van der Waals surface area contributed by atoms with Crippen molar-refractivity contribution in [2.75, 3.05) is 25.0 Å². The Morgan fingerprint density at radius 2 is 1.85 bits per heavy atom. The number of rotatable bonds is 11. The Morgan fingerprint density at radius 3 is 2.62 bits per heavy atom. The van der Waals surface area contributed by atoms with Crippen LogP contribution < -0.4 is 5.32 Å². The summed E-state index contributed by atoms with van der Waals surface area (Å²) >= 11 is 0. The van der Waals surface area contributed by atoms with Crippen LogP contribution in [-0.2, 0) is 6.42 Å². The fraction of sp³-hybridized carbons (Fsp3) is 0.316. The van der Waals surface area contributed by atoms with Gasteiger partial charge in [0.15, 0.2) is 11.5 Å². The maximum absolute atomic E-state index is 15.0. The summed E-state index contributed by atoms with van der Waals surface area (Å²) in [6.07, 6.45) is 13.4. The lowest BCUT2D eigenvalue weighted by Crippen LogP contribution is -2.20. The van der Waals surface area contributed by atoms with Crippen LogP contribution in [-0.4, -0.2) is 54.7 Å². The topological polar surface area (TPSA) is 98.4 Å². The van der Waals surface area contributed by atoms with Crippen molar-refractivity contribution in [1.29, 1.82) is 0 Å². The zero-order chi connectivity index (χ0) is 33.1. The number of H-pyrrole nitrogens is 2. The molecule has 47 heavy (non-hydrogen) atoms. The van der Waals surface area contributed by atoms with Crippen molar-refractivity contribution in [2.24, 2.45) is 5.41 Å². The molecule has 3 N–H and O–H groups in total. The SMILES string of the molecule is C=C/C=C(/c1cc(F)cc(CCCN2CCCC2)c1)c1nc(-c2[nH]nc3ncc(-c4cncc(NC(=C)C(C)(C)C)c4)cc23)[nH]c1C. The van der Waals surface area contributed by atoms with Crippen LogP contribution in [0.1, 0.15) is 62.5 Å². The molecule has 1 aliphatic heterocycles. The number of aromatic nitrogens is 6. The number of nitrogens with zero attached hydrogens (tertiary/aromatic N) is 5. The Morgan fingerprint density at radius 1 is 1.06 bits per heavy atom. The summed E-state index contributed by atoms with van der Waals surface area (Å²) in [5.41, 5.74) is 8.90. The van der Waals surface area contributed by atoms with E-state index in [1.165, 1.54) is 25.9 Å². The highest BCUT2D eigenvalue weighted by Crippen LogP contribution is 2.33. The molecule has 0 unspecified atom stereocenters. The van der Waals surface area contributed by atoms with E-state index in [0.29, 0.717) is 17.2 Å². The van der Waals surface area contributed by atoms with Crippen molar-refractivity contribution in [1.82, 2.24) is 35.0 Å². The van der Waals surface area contributed by atoms with Gasteiger partial charge in [-0.2, -0.15) is 5.10 Å². The number of aromatic amines is 2. The largest absolute Gasteiger partial charge is 0.358 e. The van der Waals surface area contributed by atoms with Crippen molar-refractivity contribution < 1.29 is 4.39 Å². The van der Waals surface area contributed by atoms with Gasteiger partial charge in [-0.25, -0.2) is 14.4 Å². The molecular weight excluding hydrogens is 587 g/mol. The van der Waals surface area contributed by atoms with Crippen molar-refractivity contribution in [3.63, 3.8) is 0 Å². The molecular formula is C38H43FN8. The van der Waals surface area contributed by atoms with E-state index in [1.54, 1.807) is 30.6 Å². The number of fused-ring (bicyclic) bond motifs is 1. The third kappa shape index (κ3) is 7.25. The molecule has 1 aromatic carbocycles. The molecule has 242 valence electrons. The number of benzene rings is 1. The molecule has 0 radical (unpaired) electrons. The molecule has 0 atom stereocenters. The normalized spacial score (nSPS) is 14.2. The number of halogens is 1. The van der Waals surface area contributed by atoms with E-state index in [4.69, 9.17) is 4.98 Å². The molecule has 8 nitrogen and oxygen atoms in total. The Hall–Kier alpha value is -4.89. The molecule has 4 aromatic heterocycles. The summed E-state index contributed by atoms with van der Waals surface area (Å²) in [6.45, 7) is 19.8. The summed E-state index contributed by atoms with van der Waals surface area (Å²) in [6, 6.07) is 9.37. The van der Waals surface area contributed by atoms with Crippen LogP contribution in [0, 0.1) is 18.2 Å². The summed E-state index contributed by atoms with van der Waals surface area (Å²) in [4.78, 5) is 20.0. The number of anilines is 1. The van der Waals surface area contributed by atoms with Gasteiger partial charge < -0.3 is 15.2 Å². The van der Waals surface area contributed by atoms with Gasteiger partial charge in [-0.05, 0) is 87.6 Å². The van der Waals surface area contributed by atoms with E-state index >= 15 is 0 Å². The van der Waals surface area contributed by atoms with E-state index in [2.05, 4.69) is 75.4 Å². The minimum Gasteiger partial charge on any atom is -0.358 e. The van der Waals surface area contributed by atoms with E-state index in [1.807, 2.05) is 31.3 Å². The zero-order valence-corrected chi connectivity index (χ0v) is 27.8. The van der Waals surface area contributed by atoms with Gasteiger partial charge in [-0.1, -0.05) is 52.1 Å². The van der Waals surface area contributed by atoms with Crippen molar-refractivity contribution >= 4 is 22.3 Å². The Kier molecular flexibility index (Phi) is 9.18. The molecule has 0 spiro atoms. The fourth-order valence-electron chi connectivity index (χ4n) is 6.00. The Bertz CT molecular complexity index is 1950. The first-order valence-electron chi connectivity index (χ1n) is 16.3. The van der Waals surface area contributed by atoms with E-state index in [0.717, 1.165) is 75.4 Å². The summed E-state index contributed by atoms with van der Waals surface area (Å²) in [5.74, 6) is 0.364. The van der Waals surface area contributed by atoms with Gasteiger partial charge in [-0.15, -0.1) is 0 Å². The Balaban J connectivity index is 1.29. The molecule has 5 aromatic rings. The number of imidazole rings is 1. The first-order chi connectivity index (χ1) is 22.6. The highest BCUT2D eigenvalue weighted by Gasteiger charge is 2.20. The van der Waals surface area contributed by atoms with E-state index in [9.17, 15) is 4.39 Å². The number of hydrogen-bond acceptors (Lipinski definition) is 6. The van der Waals surface area contributed by atoms with Crippen molar-refractivity contribution in [3.8, 4) is 22.6 Å². The van der Waals surface area contributed by atoms with Crippen LogP contribution in [0.5, 0.6) is 0 Å². The molecule has 1 saturated heterocycles. The van der Waals surface area contributed by atoms with Gasteiger partial charge in [0.25, 0.3) is 0 Å². The van der Waals surface area contributed by atoms with Gasteiger partial charge in [0.05, 0.1) is 23.0 Å². The smallest absolute Gasteiger partial charge is 0.181 e. The number of pyridine rings is 2. The highest BCUT2D eigenvalue weighted by atomic mass is 19.1. The Labute approximate surface area is 276 Å². The predicted molar refractivity (Wildman–Crippen MR) is 189 cm³/mol. The van der Waals surface area contributed by atoms with Crippen LogP contribution in [0.2, 0.25) is 0 Å². The maximum atomic E-state index is 15.0. The lowest BCUT2D eigenvalue weighted by atomic mass is 9.93. The highest BCUT2D eigenvalue weighted by molar-refractivity contribution is 5.92. The third-order valence-corrected chi connectivity index (χ3v) is 8.75. The monoisotopic (exact) mass is 630 g/mol. The summed E-state index contributed by atoms with van der Waals surface area (Å²) in [5, 5.41) is 11.8. The van der Waals surface area contributed by atoms with Crippen LogP contribution in [0.25, 0.3) is 39.3 Å². The number of aryl methyl sites for hydroxylation is 2. The molecule has 6 rings (SSSR count). The standard InChI is InChI=1S/C38H43FN8/c1-7-11-32(27-16-26(17-30(39)18-27)12-10-15-47-13-8-9-14-47)34-24(2)42-37(44-34)35-33-20-29(22-41-36(33)46-45-35)28-19-31(23-40-21-28)43-25(3)38(4,5)6/h7,11,16-23,43H,1,3,8-10,12-15H2,2,4-6H3,(H,42,44)(H,41,45,46)/b32-11-. The predicted octanol–water partition coefficient (Wildman–Crippen LogP) is 8.48. The number of likely N-dealkylation sites (tertiary alicyclic amines) is 1. The number of nitrogens with one attached hydrogen (secondary N) is 3. The third-order valence-electron chi connectivity index (χ3n) is 8.75. The van der Waals surface area contributed by atoms with Crippen LogP contribution in [0.4, 0.5) is 10.1 Å². The van der Waals surface area contributed by atoms with E-state index < -0.39 is 0 Å². The second-order valence-corrected chi connectivity index (χ2v) is 13.4. The second-order valence-electron chi connectivity index (χ2n) is 13.4. The maximum Gasteiger partial charge on any atom is 0.181 e.